The van der Waals surface area contributed by atoms with E-state index in [-0.39, 0.29) is 12.8 Å². The van der Waals surface area contributed by atoms with Gasteiger partial charge in [0.05, 0.1) is 25.4 Å². The second-order valence-electron chi connectivity index (χ2n) is 14.0. The third kappa shape index (κ3) is 21.7. The van der Waals surface area contributed by atoms with E-state index in [0.717, 1.165) is 38.5 Å². The molecule has 0 aliphatic carbocycles. The molecule has 11 nitrogen and oxygen atoms in total. The van der Waals surface area contributed by atoms with Gasteiger partial charge in [0.15, 0.2) is 6.29 Å². The first kappa shape index (κ1) is 48.1. The van der Waals surface area contributed by atoms with E-state index in [1.165, 1.54) is 51.4 Å². The Balaban J connectivity index is 2.58. The number of unbranched alkanes of at least 4 members (excludes halogenated alkanes) is 11. The molecular weight excluding hydrogens is 666 g/mol. The van der Waals surface area contributed by atoms with Crippen molar-refractivity contribution in [2.75, 3.05) is 13.2 Å². The van der Waals surface area contributed by atoms with Gasteiger partial charge in [-0.15, -0.1) is 0 Å². The molecule has 9 unspecified atom stereocenters. The quantitative estimate of drug-likeness (QED) is 0.0353. The highest BCUT2D eigenvalue weighted by Crippen LogP contribution is 2.23. The fourth-order valence-electron chi connectivity index (χ4n) is 5.88. The van der Waals surface area contributed by atoms with Crippen LogP contribution in [0, 0.1) is 0 Å². The lowest BCUT2D eigenvalue weighted by Gasteiger charge is -2.40. The van der Waals surface area contributed by atoms with Crippen LogP contribution in [0.2, 0.25) is 0 Å². The van der Waals surface area contributed by atoms with Gasteiger partial charge in [0, 0.05) is 0 Å². The highest BCUT2D eigenvalue weighted by Gasteiger charge is 2.44. The molecule has 1 heterocycles. The SMILES string of the molecule is CCCCCC/C=C\CCC(O)C(=O)NC(COC1OC(CO)C(O)C(O)C1O)C(O)C(O)CCC/C=C/CC/C=C/CC/C=C/CCCCCC. The first-order valence-electron chi connectivity index (χ1n) is 20.0. The molecule has 0 bridgehead atoms. The molecule has 1 rings (SSSR count). The molecule has 1 saturated heterocycles. The Morgan fingerprint density at radius 1 is 0.654 bits per heavy atom. The van der Waals surface area contributed by atoms with Crippen LogP contribution < -0.4 is 5.32 Å². The monoisotopic (exact) mass is 740 g/mol. The van der Waals surface area contributed by atoms with Gasteiger partial charge in [0.25, 0.3) is 0 Å². The maximum Gasteiger partial charge on any atom is 0.249 e. The summed E-state index contributed by atoms with van der Waals surface area (Å²) in [7, 11) is 0. The molecule has 9 atom stereocenters. The minimum absolute atomic E-state index is 0.162. The molecule has 1 fully saturated rings. The number of carbonyl (C=O) groups excluding carboxylic acids is 1. The summed E-state index contributed by atoms with van der Waals surface area (Å²) in [6.07, 6.45) is 23.4. The fourth-order valence-corrected chi connectivity index (χ4v) is 5.88. The number of aliphatic hydroxyl groups excluding tert-OH is 7. The number of rotatable bonds is 31. The maximum atomic E-state index is 12.9. The van der Waals surface area contributed by atoms with Gasteiger partial charge >= 0.3 is 0 Å². The summed E-state index contributed by atoms with van der Waals surface area (Å²) in [5, 5.41) is 75.0. The minimum Gasteiger partial charge on any atom is -0.394 e. The molecule has 8 N–H and O–H groups in total. The summed E-state index contributed by atoms with van der Waals surface area (Å²) in [6.45, 7) is 3.28. The van der Waals surface area contributed by atoms with Crippen LogP contribution in [0.25, 0.3) is 0 Å². The van der Waals surface area contributed by atoms with Gasteiger partial charge in [-0.25, -0.2) is 0 Å². The van der Waals surface area contributed by atoms with Gasteiger partial charge in [-0.05, 0) is 83.5 Å². The summed E-state index contributed by atoms with van der Waals surface area (Å²) in [4.78, 5) is 12.9. The van der Waals surface area contributed by atoms with E-state index in [0.29, 0.717) is 19.3 Å². The average molecular weight is 740 g/mol. The lowest BCUT2D eigenvalue weighted by atomic mass is 9.99. The summed E-state index contributed by atoms with van der Waals surface area (Å²) < 4.78 is 11.0. The highest BCUT2D eigenvalue weighted by atomic mass is 16.7. The zero-order valence-electron chi connectivity index (χ0n) is 32.0. The largest absolute Gasteiger partial charge is 0.394 e. The molecule has 0 aromatic rings. The maximum absolute atomic E-state index is 12.9. The molecule has 302 valence electrons. The molecule has 0 aromatic carbocycles. The Bertz CT molecular complexity index is 987. The number of hydrogen-bond donors (Lipinski definition) is 8. The van der Waals surface area contributed by atoms with Gasteiger partial charge in [-0.3, -0.25) is 4.79 Å². The second kappa shape index (κ2) is 31.4. The van der Waals surface area contributed by atoms with E-state index in [9.17, 15) is 40.5 Å². The van der Waals surface area contributed by atoms with Crippen molar-refractivity contribution in [3.63, 3.8) is 0 Å². The number of amides is 1. The topological polar surface area (TPSA) is 189 Å². The number of carbonyl (C=O) groups is 1. The van der Waals surface area contributed by atoms with Crippen molar-refractivity contribution in [1.29, 1.82) is 0 Å². The molecular formula is C41H73NO10. The summed E-state index contributed by atoms with van der Waals surface area (Å²) in [6, 6.07) is -1.21. The lowest BCUT2D eigenvalue weighted by molar-refractivity contribution is -0.303. The van der Waals surface area contributed by atoms with E-state index >= 15 is 0 Å². The van der Waals surface area contributed by atoms with Crippen molar-refractivity contribution in [3.05, 3.63) is 48.6 Å². The number of ether oxygens (including phenoxy) is 2. The van der Waals surface area contributed by atoms with E-state index in [2.05, 4.69) is 49.5 Å². The van der Waals surface area contributed by atoms with Crippen LogP contribution in [-0.2, 0) is 14.3 Å². The second-order valence-corrected chi connectivity index (χ2v) is 14.0. The molecule has 1 amide bonds. The van der Waals surface area contributed by atoms with Crippen LogP contribution >= 0.6 is 0 Å². The van der Waals surface area contributed by atoms with Gasteiger partial charge < -0.3 is 50.5 Å². The highest BCUT2D eigenvalue weighted by molar-refractivity contribution is 5.80. The summed E-state index contributed by atoms with van der Waals surface area (Å²) in [5.74, 6) is -0.753. The first-order valence-corrected chi connectivity index (χ1v) is 20.0. The Morgan fingerprint density at radius 2 is 1.15 bits per heavy atom. The predicted octanol–water partition coefficient (Wildman–Crippen LogP) is 5.05. The van der Waals surface area contributed by atoms with Gasteiger partial charge in [0.2, 0.25) is 5.91 Å². The van der Waals surface area contributed by atoms with Crippen molar-refractivity contribution in [2.45, 2.75) is 191 Å². The van der Waals surface area contributed by atoms with E-state index in [4.69, 9.17) is 9.47 Å². The number of allylic oxidation sites excluding steroid dienone is 8. The van der Waals surface area contributed by atoms with Crippen molar-refractivity contribution >= 4 is 5.91 Å². The van der Waals surface area contributed by atoms with Crippen LogP contribution in [0.4, 0.5) is 0 Å². The van der Waals surface area contributed by atoms with E-state index < -0.39 is 74.2 Å². The van der Waals surface area contributed by atoms with Gasteiger partial charge in [-0.1, -0.05) is 101 Å². The summed E-state index contributed by atoms with van der Waals surface area (Å²) >= 11 is 0. The van der Waals surface area contributed by atoms with Crippen LogP contribution in [0.15, 0.2) is 48.6 Å². The lowest BCUT2D eigenvalue weighted by Crippen LogP contribution is -2.60. The average Bonchev–Trinajstić information content (AvgIpc) is 3.14. The molecule has 11 heteroatoms. The van der Waals surface area contributed by atoms with Gasteiger partial charge in [-0.2, -0.15) is 0 Å². The van der Waals surface area contributed by atoms with Crippen molar-refractivity contribution in [1.82, 2.24) is 5.32 Å². The zero-order valence-corrected chi connectivity index (χ0v) is 32.0. The molecule has 1 aliphatic heterocycles. The third-order valence-electron chi connectivity index (χ3n) is 9.32. The fraction of sp³-hybridized carbons (Fsp3) is 0.780. The van der Waals surface area contributed by atoms with Crippen LogP contribution in [0.5, 0.6) is 0 Å². The Labute approximate surface area is 313 Å². The molecule has 0 spiro atoms. The Kier molecular flexibility index (Phi) is 29.1. The third-order valence-corrected chi connectivity index (χ3v) is 9.32. The number of hydrogen-bond acceptors (Lipinski definition) is 10. The van der Waals surface area contributed by atoms with Gasteiger partial charge in [0.1, 0.15) is 36.6 Å². The molecule has 52 heavy (non-hydrogen) atoms. The standard InChI is InChI=1S/C41H73NO10/c1-3-5-7-9-11-13-14-15-16-17-18-19-20-21-23-24-26-28-33(44)36(46)32(31-51-41-39(49)38(48)37(47)35(30-43)52-41)42-40(50)34(45)29-27-25-22-12-10-8-6-4-2/h13-14,17-18,21-23,25,32-39,41,43-49H,3-12,15-16,19-20,24,26-31H2,1-2H3,(H,42,50)/b14-13+,18-17+,23-21+,25-22-. The van der Waals surface area contributed by atoms with Crippen molar-refractivity contribution < 1.29 is 50.0 Å². The molecule has 0 radical (unpaired) electrons. The minimum atomic E-state index is -1.68. The normalized spacial score (nSPS) is 23.6. The van der Waals surface area contributed by atoms with Crippen LogP contribution in [0.1, 0.15) is 136 Å². The summed E-state index contributed by atoms with van der Waals surface area (Å²) in [5.41, 5.74) is 0. The molecule has 1 aliphatic rings. The Hall–Kier alpha value is -1.93. The van der Waals surface area contributed by atoms with Crippen LogP contribution in [-0.4, -0.2) is 110 Å². The zero-order chi connectivity index (χ0) is 38.4. The number of nitrogens with one attached hydrogen (secondary N) is 1. The van der Waals surface area contributed by atoms with Crippen LogP contribution in [0.3, 0.4) is 0 Å². The van der Waals surface area contributed by atoms with Crippen molar-refractivity contribution in [2.24, 2.45) is 0 Å². The van der Waals surface area contributed by atoms with E-state index in [1.807, 2.05) is 18.2 Å². The predicted molar refractivity (Wildman–Crippen MR) is 205 cm³/mol. The van der Waals surface area contributed by atoms with Crippen molar-refractivity contribution in [3.8, 4) is 0 Å². The van der Waals surface area contributed by atoms with E-state index in [1.54, 1.807) is 0 Å². The Morgan fingerprint density at radius 3 is 1.67 bits per heavy atom. The first-order chi connectivity index (χ1) is 25.2. The molecule has 0 aromatic heterocycles. The number of aliphatic hydroxyl groups is 7. The molecule has 0 saturated carbocycles. The smallest absolute Gasteiger partial charge is 0.249 e.